The SMILES string of the molecule is CC.CC.CCN(CCCCC(C(=O)NCC(F)(F)F)(c1ccccc1C)c1ccccc1C)CCCNCc1cccnc1.COC.C\C=C/C(Cl)=C\C=C\SC. The lowest BCUT2D eigenvalue weighted by Gasteiger charge is -2.36. The molecular weight excluding hydrogens is 777 g/mol. The molecule has 0 saturated carbocycles. The minimum absolute atomic E-state index is 0.413. The molecule has 1 aromatic heterocycles. The Morgan fingerprint density at radius 2 is 1.48 bits per heavy atom. The van der Waals surface area contributed by atoms with Gasteiger partial charge in [0.05, 0.1) is 5.41 Å². The number of hydrogen-bond acceptors (Lipinski definition) is 6. The number of nitrogens with one attached hydrogen (secondary N) is 2. The number of thioether (sulfide) groups is 1. The highest BCUT2D eigenvalue weighted by molar-refractivity contribution is 8.01. The maximum atomic E-state index is 13.9. The zero-order chi connectivity index (χ0) is 44.2. The van der Waals surface area contributed by atoms with Crippen molar-refractivity contribution in [2.45, 2.75) is 99.2 Å². The number of carbonyl (C=O) groups excluding carboxylic acids is 1. The molecule has 11 heteroatoms. The number of unbranched alkanes of at least 4 members (excludes halogenated alkanes) is 1. The molecule has 0 fully saturated rings. The first-order chi connectivity index (χ1) is 27.9. The number of alkyl halides is 3. The Hall–Kier alpha value is -3.41. The fourth-order valence-corrected chi connectivity index (χ4v) is 6.38. The monoisotopic (exact) mass is 849 g/mol. The van der Waals surface area contributed by atoms with Crippen LogP contribution in [0.1, 0.15) is 95.0 Å². The molecule has 0 unspecified atom stereocenters. The Kier molecular flexibility index (Phi) is 34.7. The van der Waals surface area contributed by atoms with Gasteiger partial charge in [0.2, 0.25) is 5.91 Å². The topological polar surface area (TPSA) is 66.5 Å². The molecule has 0 aliphatic rings. The van der Waals surface area contributed by atoms with Crippen molar-refractivity contribution in [2.24, 2.45) is 0 Å². The van der Waals surface area contributed by atoms with Crippen LogP contribution in [0.4, 0.5) is 13.2 Å². The number of nitrogens with zero attached hydrogens (tertiary/aromatic N) is 2. The van der Waals surface area contributed by atoms with Crippen LogP contribution in [0.2, 0.25) is 0 Å². The Bertz CT molecular complexity index is 1510. The molecule has 0 saturated heterocycles. The van der Waals surface area contributed by atoms with Crippen molar-refractivity contribution in [2.75, 3.05) is 53.2 Å². The first-order valence-electron chi connectivity index (χ1n) is 20.3. The van der Waals surface area contributed by atoms with Crippen molar-refractivity contribution < 1.29 is 22.7 Å². The van der Waals surface area contributed by atoms with E-state index < -0.39 is 24.0 Å². The summed E-state index contributed by atoms with van der Waals surface area (Å²) in [5.41, 5.74) is 3.19. The lowest BCUT2D eigenvalue weighted by molar-refractivity contribution is -0.141. The number of aryl methyl sites for hydroxylation is 2. The number of benzene rings is 2. The third-order valence-electron chi connectivity index (χ3n) is 8.45. The smallest absolute Gasteiger partial charge is 0.388 e. The van der Waals surface area contributed by atoms with Gasteiger partial charge in [0.25, 0.3) is 0 Å². The van der Waals surface area contributed by atoms with E-state index in [0.717, 1.165) is 78.4 Å². The molecule has 2 aromatic carbocycles. The molecule has 1 heterocycles. The van der Waals surface area contributed by atoms with Crippen LogP contribution in [-0.4, -0.2) is 75.2 Å². The van der Waals surface area contributed by atoms with Crippen LogP contribution in [0.3, 0.4) is 0 Å². The average molecular weight is 850 g/mol. The number of allylic oxidation sites excluding steroid dienone is 5. The van der Waals surface area contributed by atoms with Crippen molar-refractivity contribution in [3.05, 3.63) is 136 Å². The number of carbonyl (C=O) groups is 1. The molecule has 0 bridgehead atoms. The molecule has 1 amide bonds. The molecule has 0 spiro atoms. The maximum Gasteiger partial charge on any atom is 0.405 e. The van der Waals surface area contributed by atoms with Crippen LogP contribution < -0.4 is 10.6 Å². The number of amides is 1. The van der Waals surface area contributed by atoms with E-state index in [2.05, 4.69) is 38.2 Å². The summed E-state index contributed by atoms with van der Waals surface area (Å²) in [6.07, 6.45) is 11.6. The second-order valence-electron chi connectivity index (χ2n) is 12.6. The number of ether oxygens (including phenoxy) is 1. The van der Waals surface area contributed by atoms with Crippen molar-refractivity contribution in [1.82, 2.24) is 20.5 Å². The number of methoxy groups -OCH3 is 1. The van der Waals surface area contributed by atoms with E-state index in [9.17, 15) is 18.0 Å². The first-order valence-corrected chi connectivity index (χ1v) is 21.9. The molecule has 0 atom stereocenters. The molecule has 3 rings (SSSR count). The summed E-state index contributed by atoms with van der Waals surface area (Å²) in [5.74, 6) is -0.606. The van der Waals surface area contributed by atoms with E-state index in [0.29, 0.717) is 12.8 Å². The van der Waals surface area contributed by atoms with Gasteiger partial charge in [-0.25, -0.2) is 0 Å². The highest BCUT2D eigenvalue weighted by Crippen LogP contribution is 2.41. The molecular formula is C47H72ClF3N4O2S. The van der Waals surface area contributed by atoms with Crippen molar-refractivity contribution in [3.8, 4) is 0 Å². The highest BCUT2D eigenvalue weighted by atomic mass is 35.5. The number of halogens is 4. The van der Waals surface area contributed by atoms with Crippen LogP contribution in [0.25, 0.3) is 0 Å². The summed E-state index contributed by atoms with van der Waals surface area (Å²) >= 11 is 7.38. The predicted molar refractivity (Wildman–Crippen MR) is 246 cm³/mol. The second kappa shape index (κ2) is 35.5. The van der Waals surface area contributed by atoms with Crippen LogP contribution >= 0.6 is 23.4 Å². The van der Waals surface area contributed by atoms with E-state index in [1.807, 2.05) is 145 Å². The third kappa shape index (κ3) is 23.9. The van der Waals surface area contributed by atoms with Gasteiger partial charge in [-0.15, -0.1) is 11.8 Å². The van der Waals surface area contributed by atoms with Crippen molar-refractivity contribution >= 4 is 29.3 Å². The molecule has 0 radical (unpaired) electrons. The summed E-state index contributed by atoms with van der Waals surface area (Å²) in [5, 5.41) is 8.44. The van der Waals surface area contributed by atoms with Gasteiger partial charge in [0, 0.05) is 38.2 Å². The molecule has 3 aromatic rings. The van der Waals surface area contributed by atoms with Crippen molar-refractivity contribution in [1.29, 1.82) is 0 Å². The van der Waals surface area contributed by atoms with E-state index in [1.165, 1.54) is 0 Å². The molecule has 2 N–H and O–H groups in total. The Morgan fingerprint density at radius 3 is 1.97 bits per heavy atom. The summed E-state index contributed by atoms with van der Waals surface area (Å²) in [6.45, 7) is 19.0. The Labute approximate surface area is 359 Å². The molecule has 58 heavy (non-hydrogen) atoms. The lowest BCUT2D eigenvalue weighted by atomic mass is 9.67. The molecule has 6 nitrogen and oxygen atoms in total. The van der Waals surface area contributed by atoms with Gasteiger partial charge in [-0.2, -0.15) is 13.2 Å². The number of rotatable bonds is 19. The van der Waals surface area contributed by atoms with Gasteiger partial charge in [0.1, 0.15) is 6.54 Å². The van der Waals surface area contributed by atoms with Crippen LogP contribution in [0.15, 0.2) is 108 Å². The van der Waals surface area contributed by atoms with Gasteiger partial charge >= 0.3 is 6.18 Å². The Morgan fingerprint density at radius 1 is 0.914 bits per heavy atom. The number of aromatic nitrogens is 1. The number of hydrogen-bond donors (Lipinski definition) is 2. The highest BCUT2D eigenvalue weighted by Gasteiger charge is 2.44. The van der Waals surface area contributed by atoms with E-state index >= 15 is 0 Å². The zero-order valence-corrected chi connectivity index (χ0v) is 38.6. The van der Waals surface area contributed by atoms with E-state index in [-0.39, 0.29) is 0 Å². The standard InChI is InChI=1S/C33H43F3N4O.C8H11ClS.C2H6O.2C2H6/c1-4-40(22-12-20-38-24-28-15-11-19-37-23-28)21-10-9-18-32(29-16-7-5-13-26(29)2,30-17-8-6-14-27(30)3)31(41)39-25-33(34,35)36;1-3-5-8(9)6-4-7-10-2;1-3-2;2*1-2/h5-8,11,13-17,19,23,38H,4,9-10,12,18,20-22,24-25H2,1-3H3,(H,39,41);3-7H,1-2H3;1-2H3;2*1-2H3/b;5-3-,7-4+,8-6+;;;. The van der Waals surface area contributed by atoms with E-state index in [4.69, 9.17) is 11.6 Å². The predicted octanol–water partition coefficient (Wildman–Crippen LogP) is 12.2. The van der Waals surface area contributed by atoms with Gasteiger partial charge in [-0.3, -0.25) is 9.78 Å². The van der Waals surface area contributed by atoms with Crippen LogP contribution in [-0.2, 0) is 21.5 Å². The number of pyridine rings is 1. The minimum Gasteiger partial charge on any atom is -0.388 e. The van der Waals surface area contributed by atoms with Crippen molar-refractivity contribution in [3.63, 3.8) is 0 Å². The fourth-order valence-electron chi connectivity index (χ4n) is 5.95. The zero-order valence-electron chi connectivity index (χ0n) is 37.0. The van der Waals surface area contributed by atoms with Gasteiger partial charge < -0.3 is 20.3 Å². The van der Waals surface area contributed by atoms with Crippen LogP contribution in [0, 0.1) is 13.8 Å². The largest absolute Gasteiger partial charge is 0.405 e. The molecule has 326 valence electrons. The van der Waals surface area contributed by atoms with E-state index in [1.54, 1.807) is 32.2 Å². The average Bonchev–Trinajstić information content (AvgIpc) is 3.22. The normalized spacial score (nSPS) is 11.4. The second-order valence-corrected chi connectivity index (χ2v) is 13.8. The molecule has 0 aliphatic carbocycles. The van der Waals surface area contributed by atoms with Gasteiger partial charge in [-0.05, 0) is 124 Å². The first kappa shape index (κ1) is 56.7. The van der Waals surface area contributed by atoms with Gasteiger partial charge in [0.15, 0.2) is 0 Å². The van der Waals surface area contributed by atoms with Crippen LogP contribution in [0.5, 0.6) is 0 Å². The van der Waals surface area contributed by atoms with Gasteiger partial charge in [-0.1, -0.05) is 119 Å². The summed E-state index contributed by atoms with van der Waals surface area (Å²) in [7, 11) is 3.25. The lowest BCUT2D eigenvalue weighted by Crippen LogP contribution is -2.48. The summed E-state index contributed by atoms with van der Waals surface area (Å²) in [4.78, 5) is 20.4. The fraction of sp³-hybridized carbons (Fsp3) is 0.489. The minimum atomic E-state index is -4.49. The summed E-state index contributed by atoms with van der Waals surface area (Å²) < 4.78 is 43.9. The summed E-state index contributed by atoms with van der Waals surface area (Å²) in [6, 6.07) is 19.1. The molecule has 0 aliphatic heterocycles. The quantitative estimate of drug-likeness (QED) is 0.0925. The third-order valence-corrected chi connectivity index (χ3v) is 9.13. The maximum absolute atomic E-state index is 13.9. The Balaban J connectivity index is 0.